The van der Waals surface area contributed by atoms with Gasteiger partial charge in [0.05, 0.1) is 39.9 Å². The molecule has 0 N–H and O–H groups in total. The number of carbonyl (C=O) groups is 6. The molecule has 0 saturated carbocycles. The van der Waals surface area contributed by atoms with Crippen LogP contribution in [0.2, 0.25) is 0 Å². The van der Waals surface area contributed by atoms with Crippen molar-refractivity contribution < 1.29 is 28.8 Å². The molecule has 3 aromatic carbocycles. The van der Waals surface area contributed by atoms with Crippen LogP contribution >= 0.6 is 0 Å². The van der Waals surface area contributed by atoms with Gasteiger partial charge in [-0.25, -0.2) is 0 Å². The maximum absolute atomic E-state index is 11.8. The molecule has 216 valence electrons. The molecule has 0 saturated heterocycles. The molecule has 9 heteroatoms. The Morgan fingerprint density at radius 3 is 1.19 bits per heavy atom. The average molecular weight is 576 g/mol. The number of benzene rings is 3. The van der Waals surface area contributed by atoms with E-state index in [2.05, 4.69) is 11.8 Å². The lowest BCUT2D eigenvalue weighted by Crippen LogP contribution is -2.29. The third-order valence-corrected chi connectivity index (χ3v) is 6.89. The highest BCUT2D eigenvalue weighted by Crippen LogP contribution is 2.23. The Labute approximate surface area is 249 Å². The standard InChI is InChI=1S/C12H11NO2.C12H9NO2.C10H9NO2/c2*1-2-3-8-13-11(14)9-6-4-5-7-10(9)12(13)15;1-2-11-9(12)7-5-3-4-6-8(7)10(11)13/h2-7H,8H2,1H3;4-7H,8H2,1H3;3-6H,2H2,1H3. The second kappa shape index (κ2) is 13.4. The van der Waals surface area contributed by atoms with Crippen LogP contribution in [0.1, 0.15) is 82.9 Å². The van der Waals surface area contributed by atoms with Crippen molar-refractivity contribution in [3.05, 3.63) is 118 Å². The quantitative estimate of drug-likeness (QED) is 0.258. The van der Waals surface area contributed by atoms with Gasteiger partial charge in [-0.1, -0.05) is 54.5 Å². The molecule has 0 bridgehead atoms. The van der Waals surface area contributed by atoms with Crippen molar-refractivity contribution in [2.45, 2.75) is 20.8 Å². The minimum Gasteiger partial charge on any atom is -0.275 e. The van der Waals surface area contributed by atoms with Gasteiger partial charge in [-0.05, 0) is 57.2 Å². The zero-order chi connectivity index (χ0) is 31.1. The van der Waals surface area contributed by atoms with E-state index in [1.165, 1.54) is 14.7 Å². The largest absolute Gasteiger partial charge is 0.275 e. The number of nitrogens with zero attached hydrogens (tertiary/aromatic N) is 3. The van der Waals surface area contributed by atoms with Crippen LogP contribution in [0.25, 0.3) is 0 Å². The fraction of sp³-hybridized carbons (Fsp3) is 0.176. The lowest BCUT2D eigenvalue weighted by atomic mass is 10.1. The second-order valence-electron chi connectivity index (χ2n) is 9.40. The van der Waals surface area contributed by atoms with E-state index in [4.69, 9.17) is 0 Å². The van der Waals surface area contributed by atoms with Crippen molar-refractivity contribution in [3.63, 3.8) is 0 Å². The third-order valence-electron chi connectivity index (χ3n) is 6.89. The third kappa shape index (κ3) is 5.90. The summed E-state index contributed by atoms with van der Waals surface area (Å²) in [4.78, 5) is 73.8. The highest BCUT2D eigenvalue weighted by Gasteiger charge is 2.35. The summed E-state index contributed by atoms with van der Waals surface area (Å²) in [6, 6.07) is 20.6. The molecule has 0 radical (unpaired) electrons. The number of carbonyl (C=O) groups excluding carboxylic acids is 6. The van der Waals surface area contributed by atoms with Crippen LogP contribution in [-0.4, -0.2) is 69.8 Å². The summed E-state index contributed by atoms with van der Waals surface area (Å²) in [5.41, 5.74) is 3.00. The van der Waals surface area contributed by atoms with Crippen LogP contribution in [-0.2, 0) is 0 Å². The molecule has 3 aromatic rings. The number of imide groups is 3. The second-order valence-corrected chi connectivity index (χ2v) is 9.40. The van der Waals surface area contributed by atoms with Crippen LogP contribution in [0.3, 0.4) is 0 Å². The lowest BCUT2D eigenvalue weighted by molar-refractivity contribution is 0.0650. The van der Waals surface area contributed by atoms with Gasteiger partial charge in [0, 0.05) is 13.1 Å². The van der Waals surface area contributed by atoms with E-state index in [0.29, 0.717) is 46.5 Å². The zero-order valence-corrected chi connectivity index (χ0v) is 24.0. The van der Waals surface area contributed by atoms with E-state index in [1.807, 2.05) is 13.0 Å². The molecule has 6 amide bonds. The lowest BCUT2D eigenvalue weighted by Gasteiger charge is -2.09. The van der Waals surface area contributed by atoms with Crippen molar-refractivity contribution in [1.29, 1.82) is 0 Å². The van der Waals surface area contributed by atoms with Crippen molar-refractivity contribution in [2.75, 3.05) is 19.6 Å². The summed E-state index contributed by atoms with van der Waals surface area (Å²) >= 11 is 0. The molecule has 43 heavy (non-hydrogen) atoms. The number of hydrogen-bond donors (Lipinski definition) is 0. The van der Waals surface area contributed by atoms with Crippen molar-refractivity contribution in [1.82, 2.24) is 14.7 Å². The molecule has 6 rings (SSSR count). The Morgan fingerprint density at radius 1 is 0.558 bits per heavy atom. The number of fused-ring (bicyclic) bond motifs is 3. The molecule has 0 atom stereocenters. The number of amides is 6. The van der Waals surface area contributed by atoms with E-state index in [-0.39, 0.29) is 42.0 Å². The molecule has 0 aliphatic carbocycles. The van der Waals surface area contributed by atoms with Crippen molar-refractivity contribution in [2.24, 2.45) is 0 Å². The number of rotatable bonds is 4. The Kier molecular flexibility index (Phi) is 9.43. The fourth-order valence-electron chi connectivity index (χ4n) is 4.68. The summed E-state index contributed by atoms with van der Waals surface area (Å²) in [6.45, 7) is 6.29. The van der Waals surface area contributed by atoms with E-state index in [1.54, 1.807) is 92.7 Å². The number of hydrogen-bond acceptors (Lipinski definition) is 6. The topological polar surface area (TPSA) is 112 Å². The highest BCUT2D eigenvalue weighted by molar-refractivity contribution is 6.22. The Morgan fingerprint density at radius 2 is 0.884 bits per heavy atom. The number of allylic oxidation sites excluding steroid dienone is 1. The van der Waals surface area contributed by atoms with Gasteiger partial charge in [-0.2, -0.15) is 0 Å². The molecule has 0 fully saturated rings. The first kappa shape index (κ1) is 30.3. The summed E-state index contributed by atoms with van der Waals surface area (Å²) in [6.07, 6.45) is 3.62. The first-order valence-corrected chi connectivity index (χ1v) is 13.6. The molecule has 3 aliphatic rings. The summed E-state index contributed by atoms with van der Waals surface area (Å²) in [5.74, 6) is 4.13. The first-order chi connectivity index (χ1) is 20.8. The molecular formula is C34H29N3O6. The molecule has 0 unspecified atom stereocenters. The average Bonchev–Trinajstić information content (AvgIpc) is 3.54. The summed E-state index contributed by atoms with van der Waals surface area (Å²) < 4.78 is 0. The maximum atomic E-state index is 11.8. The Balaban J connectivity index is 0.000000148. The smallest absolute Gasteiger partial charge is 0.262 e. The van der Waals surface area contributed by atoms with Crippen LogP contribution in [0.5, 0.6) is 0 Å². The normalized spacial score (nSPS) is 14.5. The fourth-order valence-corrected chi connectivity index (χ4v) is 4.68. The predicted octanol–water partition coefficient (Wildman–Crippen LogP) is 4.47. The minimum absolute atomic E-state index is 0.169. The molecule has 9 nitrogen and oxygen atoms in total. The Hall–Kier alpha value is -5.62. The van der Waals surface area contributed by atoms with Gasteiger partial charge in [0.2, 0.25) is 0 Å². The van der Waals surface area contributed by atoms with Gasteiger partial charge < -0.3 is 0 Å². The van der Waals surface area contributed by atoms with Gasteiger partial charge in [0.15, 0.2) is 0 Å². The van der Waals surface area contributed by atoms with Crippen molar-refractivity contribution in [3.8, 4) is 11.8 Å². The van der Waals surface area contributed by atoms with Gasteiger partial charge in [0.1, 0.15) is 0 Å². The van der Waals surface area contributed by atoms with Crippen molar-refractivity contribution >= 4 is 35.4 Å². The molecular weight excluding hydrogens is 546 g/mol. The van der Waals surface area contributed by atoms with E-state index in [9.17, 15) is 28.8 Å². The van der Waals surface area contributed by atoms with Gasteiger partial charge >= 0.3 is 0 Å². The van der Waals surface area contributed by atoms with E-state index < -0.39 is 0 Å². The summed E-state index contributed by atoms with van der Waals surface area (Å²) in [7, 11) is 0. The van der Waals surface area contributed by atoms with Gasteiger partial charge in [0.25, 0.3) is 35.4 Å². The van der Waals surface area contributed by atoms with Gasteiger partial charge in [-0.3, -0.25) is 43.5 Å². The Bertz CT molecular complexity index is 1620. The zero-order valence-electron chi connectivity index (χ0n) is 24.0. The van der Waals surface area contributed by atoms with E-state index >= 15 is 0 Å². The molecule has 3 heterocycles. The van der Waals surface area contributed by atoms with Crippen LogP contribution < -0.4 is 0 Å². The highest BCUT2D eigenvalue weighted by atomic mass is 16.2. The molecule has 3 aliphatic heterocycles. The van der Waals surface area contributed by atoms with Crippen LogP contribution in [0.4, 0.5) is 0 Å². The monoisotopic (exact) mass is 575 g/mol. The summed E-state index contributed by atoms with van der Waals surface area (Å²) in [5, 5.41) is 0. The van der Waals surface area contributed by atoms with Crippen LogP contribution in [0, 0.1) is 11.8 Å². The van der Waals surface area contributed by atoms with Crippen LogP contribution in [0.15, 0.2) is 84.9 Å². The maximum Gasteiger partial charge on any atom is 0.262 e. The first-order valence-electron chi connectivity index (χ1n) is 13.6. The van der Waals surface area contributed by atoms with E-state index in [0.717, 1.165) is 0 Å². The van der Waals surface area contributed by atoms with Gasteiger partial charge in [-0.15, -0.1) is 5.92 Å². The SMILES string of the molecule is CC#CCN1C(=O)c2ccccc2C1=O.CC=CCN1C(=O)c2ccccc2C1=O.CCN1C(=O)c2ccccc2C1=O. The predicted molar refractivity (Wildman–Crippen MR) is 159 cm³/mol. The minimum atomic E-state index is -0.252. The molecule has 0 spiro atoms. The molecule has 0 aromatic heterocycles.